The lowest BCUT2D eigenvalue weighted by Crippen LogP contribution is -2.33. The summed E-state index contributed by atoms with van der Waals surface area (Å²) >= 11 is 0. The van der Waals surface area contributed by atoms with Crippen LogP contribution in [-0.4, -0.2) is 74.4 Å². The van der Waals surface area contributed by atoms with E-state index in [1.165, 1.54) is 10.9 Å². The molecular weight excluding hydrogens is 358 g/mol. The van der Waals surface area contributed by atoms with Crippen LogP contribution in [0.2, 0.25) is 0 Å². The number of fused-ring (bicyclic) bond motifs is 1. The first-order valence-electron chi connectivity index (χ1n) is 7.06. The first-order valence-corrected chi connectivity index (χ1v) is 8.95. The maximum atomic E-state index is 11.2. The Hall–Kier alpha value is -2.10. The number of anilines is 2. The maximum Gasteiger partial charge on any atom is 0.225 e. The maximum absolute atomic E-state index is 11.2. The molecule has 0 unspecified atom stereocenters. The zero-order valence-electron chi connectivity index (χ0n) is 12.9. The molecule has 13 nitrogen and oxygen atoms in total. The highest BCUT2D eigenvalue weighted by Gasteiger charge is 2.44. The van der Waals surface area contributed by atoms with Gasteiger partial charge in [0, 0.05) is 0 Å². The number of nitrogens with two attached hydrogens (primary N) is 1. The molecule has 0 aliphatic carbocycles. The van der Waals surface area contributed by atoms with E-state index in [9.17, 15) is 23.7 Å². The molecule has 1 aliphatic rings. The molecule has 0 amide bonds. The number of aliphatic hydroxyl groups excluding tert-OH is 3. The summed E-state index contributed by atoms with van der Waals surface area (Å²) in [6, 6.07) is 0. The van der Waals surface area contributed by atoms with Crippen LogP contribution in [-0.2, 0) is 14.8 Å². The number of ether oxygens (including phenoxy) is 1. The number of nitrogens with one attached hydrogen (secondary N) is 2. The largest absolute Gasteiger partial charge is 0.394 e. The molecule has 0 aromatic carbocycles. The molecule has 0 saturated carbocycles. The summed E-state index contributed by atoms with van der Waals surface area (Å²) in [5.74, 6) is -0.183. The summed E-state index contributed by atoms with van der Waals surface area (Å²) in [5, 5.41) is 29.2. The molecule has 138 valence electrons. The van der Waals surface area contributed by atoms with Gasteiger partial charge in [-0.2, -0.15) is 9.97 Å². The quantitative estimate of drug-likeness (QED) is 0.289. The second-order valence-corrected chi connectivity index (χ2v) is 7.23. The third-order valence-electron chi connectivity index (χ3n) is 3.58. The Morgan fingerprint density at radius 1 is 1.36 bits per heavy atom. The molecular formula is C11H17N7O6S. The lowest BCUT2D eigenvalue weighted by Gasteiger charge is -2.16. The average Bonchev–Trinajstić information content (AvgIpc) is 3.06. The lowest BCUT2D eigenvalue weighted by atomic mass is 10.1. The SMILES string of the molecule is CS(=O)(=O)NNc1nc(N)nc2c1ncn2[C@@H]1O[C@H](CO)[C@@H](O)[C@H]1O. The van der Waals surface area contributed by atoms with Crippen LogP contribution < -0.4 is 16.0 Å². The van der Waals surface area contributed by atoms with Gasteiger partial charge in [0.1, 0.15) is 18.3 Å². The second-order valence-electron chi connectivity index (χ2n) is 5.48. The number of hydrogen-bond acceptors (Lipinski definition) is 11. The Balaban J connectivity index is 2.00. The van der Waals surface area contributed by atoms with E-state index in [-0.39, 0.29) is 22.9 Å². The van der Waals surface area contributed by atoms with Crippen LogP contribution >= 0.6 is 0 Å². The van der Waals surface area contributed by atoms with E-state index in [4.69, 9.17) is 10.5 Å². The molecule has 25 heavy (non-hydrogen) atoms. The average molecular weight is 375 g/mol. The Kier molecular flexibility index (Phi) is 4.48. The predicted molar refractivity (Wildman–Crippen MR) is 84.3 cm³/mol. The molecule has 3 heterocycles. The topological polar surface area (TPSA) is 198 Å². The van der Waals surface area contributed by atoms with Gasteiger partial charge in [-0.1, -0.05) is 0 Å². The van der Waals surface area contributed by atoms with Crippen LogP contribution in [0.4, 0.5) is 11.8 Å². The number of nitrogen functional groups attached to an aromatic ring is 1. The van der Waals surface area contributed by atoms with Gasteiger partial charge in [0.05, 0.1) is 19.2 Å². The molecule has 4 atom stereocenters. The molecule has 1 aliphatic heterocycles. The summed E-state index contributed by atoms with van der Waals surface area (Å²) in [6.45, 7) is -0.483. The van der Waals surface area contributed by atoms with Crippen LogP contribution in [0.3, 0.4) is 0 Å². The van der Waals surface area contributed by atoms with Crippen LogP contribution in [0.1, 0.15) is 6.23 Å². The number of aliphatic hydroxyl groups is 3. The smallest absolute Gasteiger partial charge is 0.225 e. The van der Waals surface area contributed by atoms with Gasteiger partial charge in [0.25, 0.3) is 0 Å². The van der Waals surface area contributed by atoms with Crippen molar-refractivity contribution in [1.29, 1.82) is 0 Å². The molecule has 0 bridgehead atoms. The van der Waals surface area contributed by atoms with Crippen molar-refractivity contribution >= 4 is 33.0 Å². The monoisotopic (exact) mass is 375 g/mol. The zero-order valence-corrected chi connectivity index (χ0v) is 13.8. The van der Waals surface area contributed by atoms with Gasteiger partial charge in [0.15, 0.2) is 23.2 Å². The first kappa shape index (κ1) is 17.7. The van der Waals surface area contributed by atoms with Crippen LogP contribution in [0.5, 0.6) is 0 Å². The fourth-order valence-electron chi connectivity index (χ4n) is 2.46. The fraction of sp³-hybridized carbons (Fsp3) is 0.545. The summed E-state index contributed by atoms with van der Waals surface area (Å²) < 4.78 is 29.1. The summed E-state index contributed by atoms with van der Waals surface area (Å²) in [5.41, 5.74) is 8.30. The highest BCUT2D eigenvalue weighted by molar-refractivity contribution is 7.88. The van der Waals surface area contributed by atoms with Gasteiger partial charge in [-0.3, -0.25) is 9.99 Å². The number of aromatic nitrogens is 4. The lowest BCUT2D eigenvalue weighted by molar-refractivity contribution is -0.0511. The molecule has 7 N–H and O–H groups in total. The number of imidazole rings is 1. The molecule has 3 rings (SSSR count). The third-order valence-corrected chi connectivity index (χ3v) is 4.06. The van der Waals surface area contributed by atoms with E-state index in [0.29, 0.717) is 0 Å². The van der Waals surface area contributed by atoms with Gasteiger partial charge in [0.2, 0.25) is 16.0 Å². The third kappa shape index (κ3) is 3.35. The highest BCUT2D eigenvalue weighted by Crippen LogP contribution is 2.32. The highest BCUT2D eigenvalue weighted by atomic mass is 32.2. The van der Waals surface area contributed by atoms with Crippen molar-refractivity contribution in [2.75, 3.05) is 24.0 Å². The van der Waals surface area contributed by atoms with Gasteiger partial charge < -0.3 is 25.8 Å². The molecule has 2 aromatic heterocycles. The van der Waals surface area contributed by atoms with Crippen LogP contribution in [0, 0.1) is 0 Å². The molecule has 0 spiro atoms. The summed E-state index contributed by atoms with van der Waals surface area (Å²) in [4.78, 5) is 14.0. The van der Waals surface area contributed by atoms with Crippen molar-refractivity contribution < 1.29 is 28.5 Å². The number of hydrazine groups is 1. The fourth-order valence-corrected chi connectivity index (χ4v) is 2.74. The standard InChI is InChI=1S/C11H17N7O6S/c1-25(22,23)17-16-8-5-9(15-11(12)14-8)18(3-13-5)10-7(21)6(20)4(2-19)24-10/h3-4,6-7,10,17,19-21H,2H2,1H3,(H3,12,14,15,16)/t4-,6-,7-,10-/m1/s1. The van der Waals surface area contributed by atoms with Gasteiger partial charge in [-0.05, 0) is 0 Å². The Morgan fingerprint density at radius 3 is 2.68 bits per heavy atom. The molecule has 14 heteroatoms. The predicted octanol–water partition coefficient (Wildman–Crippen LogP) is -3.10. The van der Waals surface area contributed by atoms with E-state index in [1.807, 2.05) is 4.83 Å². The molecule has 1 saturated heterocycles. The van der Waals surface area contributed by atoms with Crippen molar-refractivity contribution in [3.05, 3.63) is 6.33 Å². The van der Waals surface area contributed by atoms with Gasteiger partial charge in [-0.15, -0.1) is 4.83 Å². The van der Waals surface area contributed by atoms with Crippen molar-refractivity contribution in [3.63, 3.8) is 0 Å². The normalized spacial score (nSPS) is 27.0. The van der Waals surface area contributed by atoms with Crippen molar-refractivity contribution in [3.8, 4) is 0 Å². The number of rotatable bonds is 5. The summed E-state index contributed by atoms with van der Waals surface area (Å²) in [6.07, 6.45) is -2.46. The number of nitrogens with zero attached hydrogens (tertiary/aromatic N) is 4. The van der Waals surface area contributed by atoms with E-state index >= 15 is 0 Å². The van der Waals surface area contributed by atoms with Gasteiger partial charge >= 0.3 is 0 Å². The van der Waals surface area contributed by atoms with Crippen molar-refractivity contribution in [2.24, 2.45) is 0 Å². The molecule has 0 radical (unpaired) electrons. The van der Waals surface area contributed by atoms with E-state index in [0.717, 1.165) is 6.26 Å². The molecule has 1 fully saturated rings. The Bertz CT molecular complexity index is 886. The minimum atomic E-state index is -3.56. The van der Waals surface area contributed by atoms with E-state index < -0.39 is 41.2 Å². The minimum absolute atomic E-state index is 0.00146. The van der Waals surface area contributed by atoms with E-state index in [1.54, 1.807) is 0 Å². The van der Waals surface area contributed by atoms with Crippen LogP contribution in [0.25, 0.3) is 11.2 Å². The Labute approximate surface area is 141 Å². The van der Waals surface area contributed by atoms with Crippen molar-refractivity contribution in [2.45, 2.75) is 24.5 Å². The summed E-state index contributed by atoms with van der Waals surface area (Å²) in [7, 11) is -3.56. The number of hydrogen-bond donors (Lipinski definition) is 6. The molecule has 2 aromatic rings. The van der Waals surface area contributed by atoms with Crippen molar-refractivity contribution in [1.82, 2.24) is 24.4 Å². The van der Waals surface area contributed by atoms with Gasteiger partial charge in [-0.25, -0.2) is 13.4 Å². The zero-order chi connectivity index (χ0) is 18.4. The Morgan fingerprint density at radius 2 is 2.08 bits per heavy atom. The first-order chi connectivity index (χ1) is 11.7. The second kappa shape index (κ2) is 6.32. The minimum Gasteiger partial charge on any atom is -0.394 e. The number of sulfonamides is 1. The van der Waals surface area contributed by atoms with Crippen LogP contribution in [0.15, 0.2) is 6.33 Å². The van der Waals surface area contributed by atoms with E-state index in [2.05, 4.69) is 20.4 Å².